The maximum atomic E-state index is 3.92. The number of hydrogen-bond acceptors (Lipinski definition) is 2. The van der Waals surface area contributed by atoms with Gasteiger partial charge in [-0.05, 0) is 58.8 Å². The van der Waals surface area contributed by atoms with E-state index < -0.39 is 0 Å². The van der Waals surface area contributed by atoms with E-state index >= 15 is 0 Å². The Kier molecular flexibility index (Phi) is 6.83. The lowest BCUT2D eigenvalue weighted by Gasteiger charge is -2.27. The molecule has 0 aromatic rings. The van der Waals surface area contributed by atoms with Gasteiger partial charge in [0, 0.05) is 13.1 Å². The number of likely N-dealkylation sites (tertiary alicyclic amines) is 2. The van der Waals surface area contributed by atoms with Gasteiger partial charge in [0.15, 0.2) is 0 Å². The second kappa shape index (κ2) is 7.88. The minimum atomic E-state index is 1.03. The van der Waals surface area contributed by atoms with Crippen LogP contribution in [0.25, 0.3) is 0 Å². The highest BCUT2D eigenvalue weighted by Gasteiger charge is 2.13. The lowest BCUT2D eigenvalue weighted by molar-refractivity contribution is 0.216. The molecule has 0 N–H and O–H groups in total. The largest absolute Gasteiger partial charge is 0.306 e. The fraction of sp³-hybridized carbons (Fsp3) is 0.867. The van der Waals surface area contributed by atoms with Gasteiger partial charge in [-0.15, -0.1) is 0 Å². The zero-order chi connectivity index (χ0) is 12.7. The van der Waals surface area contributed by atoms with Crippen LogP contribution in [0.1, 0.15) is 39.0 Å². The fourth-order valence-electron chi connectivity index (χ4n) is 2.41. The van der Waals surface area contributed by atoms with Crippen molar-refractivity contribution < 1.29 is 0 Å². The van der Waals surface area contributed by atoms with Crippen molar-refractivity contribution in [3.63, 3.8) is 0 Å². The van der Waals surface area contributed by atoms with E-state index in [4.69, 9.17) is 0 Å². The molecule has 2 nitrogen and oxygen atoms in total. The van der Waals surface area contributed by atoms with E-state index in [2.05, 4.69) is 37.4 Å². The van der Waals surface area contributed by atoms with Crippen molar-refractivity contribution in [2.24, 2.45) is 5.92 Å². The van der Waals surface area contributed by atoms with Crippen molar-refractivity contribution in [3.05, 3.63) is 12.2 Å². The molecule has 0 saturated carbocycles. The molecule has 0 bridgehead atoms. The van der Waals surface area contributed by atoms with Gasteiger partial charge in [0.1, 0.15) is 0 Å². The highest BCUT2D eigenvalue weighted by atomic mass is 15.1. The lowest BCUT2D eigenvalue weighted by atomic mass is 9.95. The van der Waals surface area contributed by atoms with Crippen LogP contribution in [-0.4, -0.2) is 50.1 Å². The second-order valence-corrected chi connectivity index (χ2v) is 5.71. The van der Waals surface area contributed by atoms with Crippen molar-refractivity contribution in [2.45, 2.75) is 39.0 Å². The zero-order valence-electron chi connectivity index (χ0n) is 12.0. The van der Waals surface area contributed by atoms with E-state index in [0.29, 0.717) is 0 Å². The summed E-state index contributed by atoms with van der Waals surface area (Å²) in [5.74, 6) is 1.03. The first-order valence-corrected chi connectivity index (χ1v) is 7.15. The Morgan fingerprint density at radius 2 is 1.47 bits per heavy atom. The Hall–Kier alpha value is -0.340. The first-order valence-electron chi connectivity index (χ1n) is 7.15. The van der Waals surface area contributed by atoms with E-state index in [1.165, 1.54) is 63.9 Å². The molecular weight excluding hydrogens is 208 g/mol. The van der Waals surface area contributed by atoms with E-state index in [1.54, 1.807) is 0 Å². The third kappa shape index (κ3) is 6.23. The van der Waals surface area contributed by atoms with Crippen LogP contribution in [0.4, 0.5) is 0 Å². The van der Waals surface area contributed by atoms with Crippen LogP contribution in [0.15, 0.2) is 12.2 Å². The highest BCUT2D eigenvalue weighted by Crippen LogP contribution is 2.18. The lowest BCUT2D eigenvalue weighted by Crippen LogP contribution is -2.29. The minimum Gasteiger partial charge on any atom is -0.306 e. The molecule has 0 atom stereocenters. The van der Waals surface area contributed by atoms with Gasteiger partial charge >= 0.3 is 0 Å². The molecular formula is C15H30N2. The monoisotopic (exact) mass is 238 g/mol. The number of piperidine rings is 2. The summed E-state index contributed by atoms with van der Waals surface area (Å²) in [4.78, 5) is 4.76. The Morgan fingerprint density at radius 1 is 1.00 bits per heavy atom. The normalized spacial score (nSPS) is 24.3. The Bertz CT molecular complexity index is 207. The average Bonchev–Trinajstić information content (AvgIpc) is 2.35. The number of hydrogen-bond donors (Lipinski definition) is 0. The molecule has 2 saturated heterocycles. The van der Waals surface area contributed by atoms with Crippen LogP contribution < -0.4 is 0 Å². The Morgan fingerprint density at radius 3 is 1.88 bits per heavy atom. The van der Waals surface area contributed by atoms with Crippen molar-refractivity contribution in [3.8, 4) is 0 Å². The van der Waals surface area contributed by atoms with Gasteiger partial charge in [0.25, 0.3) is 0 Å². The molecule has 0 radical (unpaired) electrons. The standard InChI is InChI=1S/C8H17N.C7H13N/c1-3-8-4-6-9(2)7-5-8;1-7-3-5-8(2)6-4-7/h8H,3-7H2,1-2H3;1,3-6H2,2H3. The molecule has 0 unspecified atom stereocenters. The van der Waals surface area contributed by atoms with Gasteiger partial charge in [0.05, 0.1) is 0 Å². The van der Waals surface area contributed by atoms with Crippen molar-refractivity contribution in [1.82, 2.24) is 9.80 Å². The van der Waals surface area contributed by atoms with Crippen LogP contribution >= 0.6 is 0 Å². The van der Waals surface area contributed by atoms with Crippen LogP contribution in [0.3, 0.4) is 0 Å². The topological polar surface area (TPSA) is 6.48 Å². The summed E-state index contributed by atoms with van der Waals surface area (Å²) >= 11 is 0. The van der Waals surface area contributed by atoms with Crippen molar-refractivity contribution in [2.75, 3.05) is 40.3 Å². The molecule has 2 rings (SSSR count). The Labute approximate surface area is 108 Å². The molecule has 2 heteroatoms. The SMILES string of the molecule is C=C1CCN(C)CC1.CCC1CCN(C)CC1. The maximum Gasteiger partial charge on any atom is 0.00156 e. The highest BCUT2D eigenvalue weighted by molar-refractivity contribution is 4.98. The van der Waals surface area contributed by atoms with Crippen LogP contribution in [0.2, 0.25) is 0 Å². The maximum absolute atomic E-state index is 3.92. The smallest absolute Gasteiger partial charge is 0.00156 e. The quantitative estimate of drug-likeness (QED) is 0.648. The van der Waals surface area contributed by atoms with Gasteiger partial charge in [-0.2, -0.15) is 0 Å². The number of nitrogens with zero attached hydrogens (tertiary/aromatic N) is 2. The van der Waals surface area contributed by atoms with Gasteiger partial charge < -0.3 is 9.80 Å². The average molecular weight is 238 g/mol. The van der Waals surface area contributed by atoms with Gasteiger partial charge in [-0.3, -0.25) is 0 Å². The molecule has 0 aromatic heterocycles. The predicted molar refractivity (Wildman–Crippen MR) is 76.4 cm³/mol. The second-order valence-electron chi connectivity index (χ2n) is 5.71. The molecule has 100 valence electrons. The summed E-state index contributed by atoms with van der Waals surface area (Å²) in [6.07, 6.45) is 6.64. The van der Waals surface area contributed by atoms with Crippen LogP contribution in [-0.2, 0) is 0 Å². The third-order valence-corrected chi connectivity index (χ3v) is 4.11. The van der Waals surface area contributed by atoms with Crippen molar-refractivity contribution >= 4 is 0 Å². The molecule has 2 heterocycles. The summed E-state index contributed by atoms with van der Waals surface area (Å²) in [5.41, 5.74) is 1.42. The summed E-state index contributed by atoms with van der Waals surface area (Å²) < 4.78 is 0. The summed E-state index contributed by atoms with van der Waals surface area (Å²) in [5, 5.41) is 0. The molecule has 0 aromatic carbocycles. The molecule has 0 spiro atoms. The van der Waals surface area contributed by atoms with Gasteiger partial charge in [-0.25, -0.2) is 0 Å². The number of rotatable bonds is 1. The van der Waals surface area contributed by atoms with E-state index in [0.717, 1.165) is 5.92 Å². The summed E-state index contributed by atoms with van der Waals surface area (Å²) in [7, 11) is 4.37. The summed E-state index contributed by atoms with van der Waals surface area (Å²) in [6, 6.07) is 0. The minimum absolute atomic E-state index is 1.03. The van der Waals surface area contributed by atoms with E-state index in [-0.39, 0.29) is 0 Å². The van der Waals surface area contributed by atoms with Crippen LogP contribution in [0.5, 0.6) is 0 Å². The molecule has 2 fully saturated rings. The first-order chi connectivity index (χ1) is 8.11. The zero-order valence-corrected chi connectivity index (χ0v) is 12.0. The van der Waals surface area contributed by atoms with E-state index in [1.807, 2.05) is 0 Å². The van der Waals surface area contributed by atoms with E-state index in [9.17, 15) is 0 Å². The molecule has 0 amide bonds. The van der Waals surface area contributed by atoms with Gasteiger partial charge in [-0.1, -0.05) is 25.5 Å². The predicted octanol–water partition coefficient (Wildman–Crippen LogP) is 3.01. The third-order valence-electron chi connectivity index (χ3n) is 4.11. The van der Waals surface area contributed by atoms with Crippen molar-refractivity contribution in [1.29, 1.82) is 0 Å². The first kappa shape index (κ1) is 14.7. The fourth-order valence-corrected chi connectivity index (χ4v) is 2.41. The molecule has 2 aliphatic rings. The summed E-state index contributed by atoms with van der Waals surface area (Å²) in [6.45, 7) is 11.3. The molecule has 17 heavy (non-hydrogen) atoms. The molecule has 0 aliphatic carbocycles. The van der Waals surface area contributed by atoms with Gasteiger partial charge in [0.2, 0.25) is 0 Å². The molecule has 2 aliphatic heterocycles. The Balaban J connectivity index is 0.000000171. The van der Waals surface area contributed by atoms with Crippen LogP contribution in [0, 0.1) is 5.92 Å².